The number of hydrogen-bond donors (Lipinski definition) is 3. The lowest BCUT2D eigenvalue weighted by atomic mass is 9.96. The van der Waals surface area contributed by atoms with Gasteiger partial charge < -0.3 is 10.2 Å². The van der Waals surface area contributed by atoms with Crippen LogP contribution in [0.3, 0.4) is 0 Å². The highest BCUT2D eigenvalue weighted by Gasteiger charge is 2.23. The van der Waals surface area contributed by atoms with Crippen molar-refractivity contribution in [1.29, 1.82) is 0 Å². The van der Waals surface area contributed by atoms with Gasteiger partial charge in [-0.3, -0.25) is 10.1 Å². The SMILES string of the molecule is CCC(NC(C)C(O)c1ccc(C)cc1C)C(=O)O. The number of carbonyl (C=O) groups is 1. The molecule has 4 nitrogen and oxygen atoms in total. The molecule has 1 aromatic carbocycles. The molecule has 0 aromatic heterocycles. The molecule has 0 aliphatic rings. The summed E-state index contributed by atoms with van der Waals surface area (Å²) in [5.41, 5.74) is 3.00. The Hall–Kier alpha value is -1.39. The van der Waals surface area contributed by atoms with Crippen LogP contribution in [0.5, 0.6) is 0 Å². The van der Waals surface area contributed by atoms with Crippen molar-refractivity contribution < 1.29 is 15.0 Å². The normalized spacial score (nSPS) is 15.8. The highest BCUT2D eigenvalue weighted by molar-refractivity contribution is 5.73. The van der Waals surface area contributed by atoms with Crippen molar-refractivity contribution in [3.8, 4) is 0 Å². The van der Waals surface area contributed by atoms with Crippen molar-refractivity contribution >= 4 is 5.97 Å². The van der Waals surface area contributed by atoms with Gasteiger partial charge in [-0.05, 0) is 38.3 Å². The number of aliphatic hydroxyl groups excluding tert-OH is 1. The van der Waals surface area contributed by atoms with E-state index in [1.165, 1.54) is 0 Å². The Bertz CT molecular complexity index is 445. The molecule has 0 saturated carbocycles. The number of aryl methyl sites for hydroxylation is 2. The van der Waals surface area contributed by atoms with E-state index in [9.17, 15) is 9.90 Å². The van der Waals surface area contributed by atoms with Crippen LogP contribution < -0.4 is 5.32 Å². The van der Waals surface area contributed by atoms with E-state index >= 15 is 0 Å². The Morgan fingerprint density at radius 3 is 2.47 bits per heavy atom. The van der Waals surface area contributed by atoms with Gasteiger partial charge in [-0.25, -0.2) is 0 Å². The predicted molar refractivity (Wildman–Crippen MR) is 75.2 cm³/mol. The molecule has 0 aliphatic heterocycles. The Labute approximate surface area is 114 Å². The first-order valence-electron chi connectivity index (χ1n) is 6.60. The van der Waals surface area contributed by atoms with Gasteiger partial charge in [-0.1, -0.05) is 30.7 Å². The molecule has 0 bridgehead atoms. The Morgan fingerprint density at radius 1 is 1.37 bits per heavy atom. The minimum Gasteiger partial charge on any atom is -0.480 e. The highest BCUT2D eigenvalue weighted by atomic mass is 16.4. The molecule has 0 heterocycles. The van der Waals surface area contributed by atoms with Gasteiger partial charge >= 0.3 is 5.97 Å². The number of carboxylic acids is 1. The van der Waals surface area contributed by atoms with Crippen molar-refractivity contribution in [3.05, 3.63) is 34.9 Å². The lowest BCUT2D eigenvalue weighted by Crippen LogP contribution is -2.44. The first kappa shape index (κ1) is 15.7. The summed E-state index contributed by atoms with van der Waals surface area (Å²) in [4.78, 5) is 11.0. The van der Waals surface area contributed by atoms with Crippen LogP contribution in [-0.4, -0.2) is 28.3 Å². The van der Waals surface area contributed by atoms with Crippen LogP contribution in [0.4, 0.5) is 0 Å². The van der Waals surface area contributed by atoms with Crippen molar-refractivity contribution in [3.63, 3.8) is 0 Å². The number of aliphatic carboxylic acids is 1. The lowest BCUT2D eigenvalue weighted by Gasteiger charge is -2.25. The zero-order chi connectivity index (χ0) is 14.6. The molecule has 106 valence electrons. The zero-order valence-corrected chi connectivity index (χ0v) is 12.0. The maximum absolute atomic E-state index is 11.0. The first-order valence-corrected chi connectivity index (χ1v) is 6.60. The van der Waals surface area contributed by atoms with Crippen LogP contribution in [-0.2, 0) is 4.79 Å². The molecule has 0 spiro atoms. The van der Waals surface area contributed by atoms with E-state index in [1.54, 1.807) is 6.92 Å². The third-order valence-corrected chi connectivity index (χ3v) is 3.39. The summed E-state index contributed by atoms with van der Waals surface area (Å²) >= 11 is 0. The van der Waals surface area contributed by atoms with Gasteiger partial charge in [0, 0.05) is 6.04 Å². The fraction of sp³-hybridized carbons (Fsp3) is 0.533. The topological polar surface area (TPSA) is 69.6 Å². The van der Waals surface area contributed by atoms with Gasteiger partial charge in [0.1, 0.15) is 6.04 Å². The molecule has 0 saturated heterocycles. The Balaban J connectivity index is 2.81. The monoisotopic (exact) mass is 265 g/mol. The van der Waals surface area contributed by atoms with E-state index in [-0.39, 0.29) is 6.04 Å². The highest BCUT2D eigenvalue weighted by Crippen LogP contribution is 2.22. The summed E-state index contributed by atoms with van der Waals surface area (Å²) < 4.78 is 0. The van der Waals surface area contributed by atoms with Crippen LogP contribution in [0.15, 0.2) is 18.2 Å². The molecular formula is C15H23NO3. The average Bonchev–Trinajstić information content (AvgIpc) is 2.34. The summed E-state index contributed by atoms with van der Waals surface area (Å²) in [6.45, 7) is 7.56. The molecule has 3 atom stereocenters. The lowest BCUT2D eigenvalue weighted by molar-refractivity contribution is -0.140. The molecule has 1 aromatic rings. The minimum atomic E-state index is -0.887. The van der Waals surface area contributed by atoms with Gasteiger partial charge in [-0.15, -0.1) is 0 Å². The van der Waals surface area contributed by atoms with Crippen molar-refractivity contribution in [1.82, 2.24) is 5.32 Å². The van der Waals surface area contributed by atoms with Gasteiger partial charge in [0.15, 0.2) is 0 Å². The summed E-state index contributed by atoms with van der Waals surface area (Å²) in [5.74, 6) is -0.887. The summed E-state index contributed by atoms with van der Waals surface area (Å²) in [6, 6.07) is 4.92. The quantitative estimate of drug-likeness (QED) is 0.737. The second-order valence-corrected chi connectivity index (χ2v) is 5.06. The second-order valence-electron chi connectivity index (χ2n) is 5.06. The van der Waals surface area contributed by atoms with Crippen LogP contribution in [0, 0.1) is 13.8 Å². The van der Waals surface area contributed by atoms with E-state index in [2.05, 4.69) is 5.32 Å². The van der Waals surface area contributed by atoms with Crippen LogP contribution in [0.25, 0.3) is 0 Å². The van der Waals surface area contributed by atoms with Crippen molar-refractivity contribution in [2.24, 2.45) is 0 Å². The molecule has 0 fully saturated rings. The molecule has 0 radical (unpaired) electrons. The van der Waals surface area contributed by atoms with E-state index in [0.29, 0.717) is 6.42 Å². The largest absolute Gasteiger partial charge is 0.480 e. The second kappa shape index (κ2) is 6.68. The van der Waals surface area contributed by atoms with Crippen LogP contribution >= 0.6 is 0 Å². The number of carboxylic acid groups (broad SMARTS) is 1. The summed E-state index contributed by atoms with van der Waals surface area (Å²) in [5, 5.41) is 22.3. The van der Waals surface area contributed by atoms with Crippen molar-refractivity contribution in [2.45, 2.75) is 52.3 Å². The van der Waals surface area contributed by atoms with Crippen LogP contribution in [0.1, 0.15) is 43.1 Å². The summed E-state index contributed by atoms with van der Waals surface area (Å²) in [7, 11) is 0. The average molecular weight is 265 g/mol. The van der Waals surface area contributed by atoms with Gasteiger partial charge in [-0.2, -0.15) is 0 Å². The third-order valence-electron chi connectivity index (χ3n) is 3.39. The molecular weight excluding hydrogens is 242 g/mol. The Morgan fingerprint density at radius 2 is 2.00 bits per heavy atom. The zero-order valence-electron chi connectivity index (χ0n) is 12.0. The number of rotatable bonds is 6. The molecule has 0 aliphatic carbocycles. The number of nitrogens with one attached hydrogen (secondary N) is 1. The van der Waals surface area contributed by atoms with E-state index in [4.69, 9.17) is 5.11 Å². The maximum atomic E-state index is 11.0. The Kier molecular flexibility index (Phi) is 5.51. The first-order chi connectivity index (χ1) is 8.86. The molecule has 3 unspecified atom stereocenters. The minimum absolute atomic E-state index is 0.317. The summed E-state index contributed by atoms with van der Waals surface area (Å²) in [6.07, 6.45) is -0.228. The van der Waals surface area contributed by atoms with E-state index in [0.717, 1.165) is 16.7 Å². The number of benzene rings is 1. The van der Waals surface area contributed by atoms with E-state index in [1.807, 2.05) is 39.0 Å². The fourth-order valence-electron chi connectivity index (χ4n) is 2.20. The predicted octanol–water partition coefficient (Wildman–Crippen LogP) is 2.18. The smallest absolute Gasteiger partial charge is 0.320 e. The van der Waals surface area contributed by atoms with Gasteiger partial charge in [0.25, 0.3) is 0 Å². The molecule has 19 heavy (non-hydrogen) atoms. The van der Waals surface area contributed by atoms with Gasteiger partial charge in [0.2, 0.25) is 0 Å². The standard InChI is InChI=1S/C15H23NO3/c1-5-13(15(18)19)16-11(4)14(17)12-7-6-9(2)8-10(12)3/h6-8,11,13-14,16-17H,5H2,1-4H3,(H,18,19). The molecule has 4 heteroatoms. The molecule has 1 rings (SSSR count). The number of hydrogen-bond acceptors (Lipinski definition) is 3. The van der Waals surface area contributed by atoms with E-state index < -0.39 is 18.1 Å². The fourth-order valence-corrected chi connectivity index (χ4v) is 2.20. The number of aliphatic hydroxyl groups is 1. The molecule has 0 amide bonds. The molecule has 3 N–H and O–H groups in total. The van der Waals surface area contributed by atoms with Crippen LogP contribution in [0.2, 0.25) is 0 Å². The third kappa shape index (κ3) is 4.04. The van der Waals surface area contributed by atoms with Crippen molar-refractivity contribution in [2.75, 3.05) is 0 Å². The maximum Gasteiger partial charge on any atom is 0.320 e. The van der Waals surface area contributed by atoms with Gasteiger partial charge in [0.05, 0.1) is 6.10 Å².